The number of aliphatic imine (C=N–C) groups is 1. The van der Waals surface area contributed by atoms with Crippen LogP contribution in [-0.4, -0.2) is 38.1 Å². The molecule has 4 nitrogen and oxygen atoms in total. The van der Waals surface area contributed by atoms with Crippen molar-refractivity contribution >= 4 is 5.96 Å². The highest BCUT2D eigenvalue weighted by Crippen LogP contribution is 2.10. The summed E-state index contributed by atoms with van der Waals surface area (Å²) in [5, 5.41) is 3.44. The number of hydrogen-bond acceptors (Lipinski definition) is 2. The van der Waals surface area contributed by atoms with Crippen LogP contribution in [0.2, 0.25) is 0 Å². The summed E-state index contributed by atoms with van der Waals surface area (Å²) >= 11 is 0. The Kier molecular flexibility index (Phi) is 9.80. The van der Waals surface area contributed by atoms with Crippen LogP contribution < -0.4 is 5.32 Å². The van der Waals surface area contributed by atoms with Gasteiger partial charge in [-0.2, -0.15) is 0 Å². The van der Waals surface area contributed by atoms with Gasteiger partial charge in [-0.05, 0) is 30.4 Å². The second-order valence-corrected chi connectivity index (χ2v) is 5.57. The Morgan fingerprint density at radius 3 is 2.74 bits per heavy atom. The molecule has 0 aromatic heterocycles. The first-order chi connectivity index (χ1) is 11.2. The maximum absolute atomic E-state index is 5.68. The molecule has 0 radical (unpaired) electrons. The van der Waals surface area contributed by atoms with Crippen LogP contribution in [0.25, 0.3) is 0 Å². The lowest BCUT2D eigenvalue weighted by atomic mass is 10.1. The first-order valence-electron chi connectivity index (χ1n) is 8.40. The Labute approximate surface area is 141 Å². The molecule has 0 amide bonds. The molecule has 1 aromatic rings. The lowest BCUT2D eigenvalue weighted by molar-refractivity contribution is 0.121. The predicted molar refractivity (Wildman–Crippen MR) is 98.6 cm³/mol. The third-order valence-electron chi connectivity index (χ3n) is 3.64. The van der Waals surface area contributed by atoms with Gasteiger partial charge >= 0.3 is 0 Å². The maximum Gasteiger partial charge on any atom is 0.193 e. The molecule has 0 spiro atoms. The first kappa shape index (κ1) is 19.2. The molecule has 23 heavy (non-hydrogen) atoms. The molecule has 0 heterocycles. The molecule has 0 unspecified atom stereocenters. The predicted octanol–water partition coefficient (Wildman–Crippen LogP) is 3.59. The topological polar surface area (TPSA) is 36.9 Å². The molecular weight excluding hydrogens is 286 g/mol. The molecule has 0 saturated heterocycles. The molecule has 0 atom stereocenters. The molecule has 0 aliphatic carbocycles. The molecule has 0 bridgehead atoms. The fraction of sp³-hybridized carbons (Fsp3) is 0.526. The van der Waals surface area contributed by atoms with Gasteiger partial charge in [0.1, 0.15) is 0 Å². The van der Waals surface area contributed by atoms with Gasteiger partial charge in [0.25, 0.3) is 0 Å². The van der Waals surface area contributed by atoms with Crippen LogP contribution in [0.3, 0.4) is 0 Å². The van der Waals surface area contributed by atoms with Gasteiger partial charge in [0.2, 0.25) is 0 Å². The van der Waals surface area contributed by atoms with E-state index in [1.165, 1.54) is 11.1 Å². The summed E-state index contributed by atoms with van der Waals surface area (Å²) in [6.45, 7) is 9.07. The molecule has 1 aromatic carbocycles. The maximum atomic E-state index is 5.68. The van der Waals surface area contributed by atoms with Crippen LogP contribution in [0.5, 0.6) is 0 Å². The number of allylic oxidation sites excluding steroid dienone is 1. The molecule has 0 fully saturated rings. The Morgan fingerprint density at radius 2 is 2.09 bits per heavy atom. The second kappa shape index (κ2) is 11.7. The molecule has 0 aliphatic rings. The van der Waals surface area contributed by atoms with E-state index in [4.69, 9.17) is 4.74 Å². The minimum atomic E-state index is 0.666. The number of nitrogens with one attached hydrogen (secondary N) is 1. The summed E-state index contributed by atoms with van der Waals surface area (Å²) in [6.07, 6.45) is 5.11. The minimum absolute atomic E-state index is 0.666. The van der Waals surface area contributed by atoms with E-state index in [9.17, 15) is 0 Å². The van der Waals surface area contributed by atoms with Crippen molar-refractivity contribution in [3.05, 3.63) is 48.0 Å². The van der Waals surface area contributed by atoms with Gasteiger partial charge in [-0.15, -0.1) is 6.58 Å². The Hall–Kier alpha value is -1.81. The van der Waals surface area contributed by atoms with Crippen LogP contribution in [-0.2, 0) is 17.9 Å². The van der Waals surface area contributed by atoms with Crippen molar-refractivity contribution in [1.82, 2.24) is 10.2 Å². The fourth-order valence-corrected chi connectivity index (χ4v) is 2.33. The molecule has 1 rings (SSSR count). The van der Waals surface area contributed by atoms with E-state index in [0.29, 0.717) is 6.61 Å². The zero-order chi connectivity index (χ0) is 16.9. The monoisotopic (exact) mass is 317 g/mol. The zero-order valence-electron chi connectivity index (χ0n) is 14.8. The van der Waals surface area contributed by atoms with Crippen molar-refractivity contribution in [3.8, 4) is 0 Å². The summed E-state index contributed by atoms with van der Waals surface area (Å²) in [5.41, 5.74) is 2.49. The molecule has 1 N–H and O–H groups in total. The standard InChI is InChI=1S/C19H31N3O/c1-5-7-10-13-22(4)19(20-3)21-15-17-11-8-9-12-18(17)16-23-14-6-2/h5,8-9,11-12H,1,6-7,10,13-16H2,2-4H3,(H,20,21). The fourth-order valence-electron chi connectivity index (χ4n) is 2.33. The van der Waals surface area contributed by atoms with E-state index in [0.717, 1.165) is 44.9 Å². The van der Waals surface area contributed by atoms with Crippen LogP contribution in [0.1, 0.15) is 37.3 Å². The average molecular weight is 317 g/mol. The third kappa shape index (κ3) is 7.33. The number of unbranched alkanes of at least 4 members (excludes halogenated alkanes) is 1. The normalized spacial score (nSPS) is 11.3. The summed E-state index contributed by atoms with van der Waals surface area (Å²) in [4.78, 5) is 6.51. The lowest BCUT2D eigenvalue weighted by Gasteiger charge is -2.22. The van der Waals surface area contributed by atoms with E-state index in [1.807, 2.05) is 13.1 Å². The van der Waals surface area contributed by atoms with Crippen LogP contribution in [0.15, 0.2) is 41.9 Å². The largest absolute Gasteiger partial charge is 0.377 e. The van der Waals surface area contributed by atoms with Gasteiger partial charge in [0, 0.05) is 33.8 Å². The first-order valence-corrected chi connectivity index (χ1v) is 8.40. The number of ether oxygens (including phenoxy) is 1. The third-order valence-corrected chi connectivity index (χ3v) is 3.64. The Morgan fingerprint density at radius 1 is 1.35 bits per heavy atom. The van der Waals surface area contributed by atoms with Gasteiger partial charge in [0.05, 0.1) is 6.61 Å². The van der Waals surface area contributed by atoms with Gasteiger partial charge in [-0.1, -0.05) is 37.3 Å². The number of rotatable bonds is 10. The van der Waals surface area contributed by atoms with Crippen molar-refractivity contribution in [2.45, 2.75) is 39.3 Å². The zero-order valence-corrected chi connectivity index (χ0v) is 14.8. The number of benzene rings is 1. The van der Waals surface area contributed by atoms with Gasteiger partial charge < -0.3 is 15.0 Å². The van der Waals surface area contributed by atoms with E-state index < -0.39 is 0 Å². The van der Waals surface area contributed by atoms with Crippen LogP contribution >= 0.6 is 0 Å². The number of nitrogens with zero attached hydrogens (tertiary/aromatic N) is 2. The quantitative estimate of drug-likeness (QED) is 0.310. The van der Waals surface area contributed by atoms with Gasteiger partial charge in [0.15, 0.2) is 5.96 Å². The van der Waals surface area contributed by atoms with E-state index in [1.54, 1.807) is 0 Å². The van der Waals surface area contributed by atoms with Gasteiger partial charge in [-0.25, -0.2) is 0 Å². The molecule has 4 heteroatoms. The average Bonchev–Trinajstić information content (AvgIpc) is 2.57. The second-order valence-electron chi connectivity index (χ2n) is 5.57. The minimum Gasteiger partial charge on any atom is -0.377 e. The smallest absolute Gasteiger partial charge is 0.193 e. The highest BCUT2D eigenvalue weighted by molar-refractivity contribution is 5.79. The summed E-state index contributed by atoms with van der Waals surface area (Å²) in [5.74, 6) is 0.915. The molecular formula is C19H31N3O. The van der Waals surface area contributed by atoms with E-state index in [2.05, 4.69) is 60.0 Å². The van der Waals surface area contributed by atoms with E-state index in [-0.39, 0.29) is 0 Å². The van der Waals surface area contributed by atoms with Crippen molar-refractivity contribution in [2.24, 2.45) is 4.99 Å². The summed E-state index contributed by atoms with van der Waals surface area (Å²) < 4.78 is 5.68. The molecule has 128 valence electrons. The summed E-state index contributed by atoms with van der Waals surface area (Å²) in [6, 6.07) is 8.40. The van der Waals surface area contributed by atoms with Gasteiger partial charge in [-0.3, -0.25) is 4.99 Å². The van der Waals surface area contributed by atoms with E-state index >= 15 is 0 Å². The number of guanidine groups is 1. The highest BCUT2D eigenvalue weighted by Gasteiger charge is 2.07. The molecule has 0 aliphatic heterocycles. The van der Waals surface area contributed by atoms with Crippen molar-refractivity contribution < 1.29 is 4.74 Å². The number of hydrogen-bond donors (Lipinski definition) is 1. The highest BCUT2D eigenvalue weighted by atomic mass is 16.5. The molecule has 0 saturated carbocycles. The van der Waals surface area contributed by atoms with Crippen molar-refractivity contribution in [1.29, 1.82) is 0 Å². The lowest BCUT2D eigenvalue weighted by Crippen LogP contribution is -2.39. The van der Waals surface area contributed by atoms with Crippen molar-refractivity contribution in [3.63, 3.8) is 0 Å². The Bertz CT molecular complexity index is 485. The van der Waals surface area contributed by atoms with Crippen LogP contribution in [0, 0.1) is 0 Å². The van der Waals surface area contributed by atoms with Crippen LogP contribution in [0.4, 0.5) is 0 Å². The SMILES string of the molecule is C=CCCCN(C)C(=NC)NCc1ccccc1COCCC. The Balaban J connectivity index is 2.56. The summed E-state index contributed by atoms with van der Waals surface area (Å²) in [7, 11) is 3.89. The van der Waals surface area contributed by atoms with Crippen molar-refractivity contribution in [2.75, 3.05) is 27.2 Å².